The summed E-state index contributed by atoms with van der Waals surface area (Å²) < 4.78 is 30.9. The fourth-order valence-electron chi connectivity index (χ4n) is 0.728. The predicted molar refractivity (Wildman–Crippen MR) is 45.2 cm³/mol. The van der Waals surface area contributed by atoms with Crippen LogP contribution >= 0.6 is 0 Å². The van der Waals surface area contributed by atoms with Crippen molar-refractivity contribution in [2.75, 3.05) is 0 Å². The standard InChI is InChI=1S/B4H2O7.BHO2.H2O/c5-1-7-3-9-2(6)10-4(8-1)11-3;2-1-3;/h5-6H;2H;1H2. The summed E-state index contributed by atoms with van der Waals surface area (Å²) in [5.74, 6) is 0. The molecule has 2 fully saturated rings. The zero-order chi connectivity index (χ0) is 10.6. The van der Waals surface area contributed by atoms with Gasteiger partial charge in [-0.05, 0) is 0 Å². The van der Waals surface area contributed by atoms with E-state index in [1.54, 1.807) is 0 Å². The zero-order valence-electron chi connectivity index (χ0n) is 7.18. The molecule has 0 atom stereocenters. The molecular formula is H5B5O10. The Kier molecular flexibility index (Phi) is 6.79. The third kappa shape index (κ3) is 4.77. The van der Waals surface area contributed by atoms with Crippen LogP contribution in [0.5, 0.6) is 0 Å². The predicted octanol–water partition coefficient (Wildman–Crippen LogP) is -4.86. The van der Waals surface area contributed by atoms with E-state index in [9.17, 15) is 0 Å². The van der Waals surface area contributed by atoms with E-state index in [1.807, 2.05) is 0 Å². The Morgan fingerprint density at radius 2 is 1.13 bits per heavy atom. The van der Waals surface area contributed by atoms with Crippen molar-refractivity contribution in [3.05, 3.63) is 0 Å². The maximum Gasteiger partial charge on any atom is 0.612 e. The summed E-state index contributed by atoms with van der Waals surface area (Å²) in [6, 6.07) is 0. The quantitative estimate of drug-likeness (QED) is 0.340. The van der Waals surface area contributed by atoms with E-state index >= 15 is 0 Å². The Morgan fingerprint density at radius 3 is 1.40 bits per heavy atom. The first-order chi connectivity index (χ1) is 6.65. The summed E-state index contributed by atoms with van der Waals surface area (Å²) in [5, 5.41) is 24.4. The van der Waals surface area contributed by atoms with Crippen LogP contribution in [0, 0.1) is 0 Å². The van der Waals surface area contributed by atoms with Crippen LogP contribution in [0.25, 0.3) is 0 Å². The third-order valence-corrected chi connectivity index (χ3v) is 1.13. The van der Waals surface area contributed by atoms with Gasteiger partial charge in [0.2, 0.25) is 0 Å². The molecule has 2 aliphatic rings. The Hall–Kier alpha value is -0.395. The zero-order valence-corrected chi connectivity index (χ0v) is 7.18. The van der Waals surface area contributed by atoms with E-state index in [2.05, 4.69) is 22.9 Å². The molecule has 15 heavy (non-hydrogen) atoms. The van der Waals surface area contributed by atoms with Crippen LogP contribution < -0.4 is 0 Å². The van der Waals surface area contributed by atoms with Gasteiger partial charge in [-0.2, -0.15) is 0 Å². The second kappa shape index (κ2) is 6.97. The van der Waals surface area contributed by atoms with Crippen molar-refractivity contribution >= 4 is 36.6 Å². The fourth-order valence-corrected chi connectivity index (χ4v) is 0.728. The smallest absolute Gasteiger partial charge is 0.403 e. The van der Waals surface area contributed by atoms with Crippen LogP contribution in [0.1, 0.15) is 0 Å². The Morgan fingerprint density at radius 1 is 0.867 bits per heavy atom. The second-order valence-corrected chi connectivity index (χ2v) is 1.98. The van der Waals surface area contributed by atoms with Gasteiger partial charge in [0.25, 0.3) is 0 Å². The van der Waals surface area contributed by atoms with Crippen molar-refractivity contribution in [2.24, 2.45) is 0 Å². The minimum Gasteiger partial charge on any atom is -0.403 e. The van der Waals surface area contributed by atoms with E-state index in [-0.39, 0.29) is 12.8 Å². The average Bonchev–Trinajstić information content (AvgIpc) is 2.01. The van der Waals surface area contributed by atoms with Crippen LogP contribution in [-0.2, 0) is 27.6 Å². The van der Waals surface area contributed by atoms with Gasteiger partial charge >= 0.3 is 46.4 Å². The van der Waals surface area contributed by atoms with Gasteiger partial charge in [0, 0.05) is 0 Å². The largest absolute Gasteiger partial charge is 0.612 e. The SMILES string of the molecule is O.O=BO.OB1OB2OB(O)OB(O1)O2. The molecular weight excluding hydrogens is 214 g/mol. The first-order valence-electron chi connectivity index (χ1n) is 3.37. The van der Waals surface area contributed by atoms with Gasteiger partial charge in [-0.25, -0.2) is 0 Å². The van der Waals surface area contributed by atoms with Crippen molar-refractivity contribution in [3.8, 4) is 0 Å². The van der Waals surface area contributed by atoms with Crippen LogP contribution in [0.4, 0.5) is 0 Å². The summed E-state index contributed by atoms with van der Waals surface area (Å²) in [5.41, 5.74) is 0. The maximum absolute atomic E-state index is 8.74. The Balaban J connectivity index is 0.000000443. The number of hydrogen-bond acceptors (Lipinski definition) is 8. The molecule has 0 amide bonds. The first kappa shape index (κ1) is 14.6. The summed E-state index contributed by atoms with van der Waals surface area (Å²) in [4.78, 5) is 0. The minimum absolute atomic E-state index is 0. The van der Waals surface area contributed by atoms with E-state index in [4.69, 9.17) is 19.8 Å². The molecule has 0 saturated carbocycles. The van der Waals surface area contributed by atoms with Gasteiger partial charge in [0.15, 0.2) is 0 Å². The molecule has 0 aromatic carbocycles. The van der Waals surface area contributed by atoms with E-state index in [0.717, 1.165) is 0 Å². The molecule has 10 nitrogen and oxygen atoms in total. The van der Waals surface area contributed by atoms with Gasteiger partial charge in [0.1, 0.15) is 0 Å². The van der Waals surface area contributed by atoms with Crippen molar-refractivity contribution in [3.63, 3.8) is 0 Å². The van der Waals surface area contributed by atoms with Gasteiger partial charge in [-0.15, -0.1) is 0 Å². The molecule has 0 aliphatic carbocycles. The molecule has 0 spiro atoms. The van der Waals surface area contributed by atoms with Gasteiger partial charge in [0.05, 0.1) is 0 Å². The van der Waals surface area contributed by atoms with Gasteiger partial charge in [-0.1, -0.05) is 0 Å². The number of hydrogen-bond donors (Lipinski definition) is 3. The van der Waals surface area contributed by atoms with Gasteiger partial charge < -0.3 is 38.4 Å². The third-order valence-electron chi connectivity index (χ3n) is 1.13. The Bertz CT molecular complexity index is 151. The van der Waals surface area contributed by atoms with E-state index < -0.39 is 29.3 Å². The first-order valence-corrected chi connectivity index (χ1v) is 3.37. The summed E-state index contributed by atoms with van der Waals surface area (Å²) in [7, 11) is -5.45. The molecule has 0 unspecified atom stereocenters. The number of rotatable bonds is 0. The van der Waals surface area contributed by atoms with Gasteiger partial charge in [-0.3, -0.25) is 0 Å². The van der Waals surface area contributed by atoms with Crippen molar-refractivity contribution in [1.29, 1.82) is 0 Å². The molecule has 2 aliphatic heterocycles. The molecule has 15 heteroatoms. The average molecular weight is 219 g/mol. The van der Waals surface area contributed by atoms with Crippen molar-refractivity contribution in [1.82, 2.24) is 0 Å². The van der Waals surface area contributed by atoms with Crippen LogP contribution in [0.15, 0.2) is 0 Å². The maximum atomic E-state index is 8.74. The number of fused-ring (bicyclic) bond motifs is 2. The second-order valence-electron chi connectivity index (χ2n) is 1.98. The minimum atomic E-state index is -1.45. The molecule has 2 bridgehead atoms. The molecule has 2 heterocycles. The van der Waals surface area contributed by atoms with Crippen LogP contribution in [0.2, 0.25) is 0 Å². The van der Waals surface area contributed by atoms with Crippen molar-refractivity contribution in [2.45, 2.75) is 0 Å². The van der Waals surface area contributed by atoms with Crippen LogP contribution in [0.3, 0.4) is 0 Å². The normalized spacial score (nSPS) is 18.5. The van der Waals surface area contributed by atoms with E-state index in [1.165, 1.54) is 0 Å². The van der Waals surface area contributed by atoms with E-state index in [0.29, 0.717) is 0 Å². The molecule has 0 aromatic heterocycles. The Labute approximate surface area is 85.7 Å². The molecule has 0 aromatic rings. The monoisotopic (exact) mass is 220 g/mol. The summed E-state index contributed by atoms with van der Waals surface area (Å²) in [6.07, 6.45) is 0. The summed E-state index contributed by atoms with van der Waals surface area (Å²) in [6.45, 7) is 0. The van der Waals surface area contributed by atoms with Crippen LogP contribution in [-0.4, -0.2) is 57.2 Å². The molecule has 5 N–H and O–H groups in total. The molecule has 2 rings (SSSR count). The fraction of sp³-hybridized carbons (Fsp3) is 0. The topological polar surface area (TPSA) is 155 Å². The molecule has 80 valence electrons. The molecule has 0 radical (unpaired) electrons. The van der Waals surface area contributed by atoms with Crippen molar-refractivity contribution < 1.29 is 48.1 Å². The molecule has 2 saturated heterocycles. The summed E-state index contributed by atoms with van der Waals surface area (Å²) >= 11 is 0.